The number of hydrogen-bond acceptors (Lipinski definition) is 3. The van der Waals surface area contributed by atoms with Crippen molar-refractivity contribution in [3.8, 4) is 11.3 Å². The first kappa shape index (κ1) is 15.2. The van der Waals surface area contributed by atoms with E-state index in [-0.39, 0.29) is 5.91 Å². The van der Waals surface area contributed by atoms with Crippen molar-refractivity contribution in [2.45, 2.75) is 6.92 Å². The zero-order chi connectivity index (χ0) is 16.2. The van der Waals surface area contributed by atoms with Crippen LogP contribution >= 0.6 is 11.6 Å². The molecule has 4 nitrogen and oxygen atoms in total. The molecule has 0 bridgehead atoms. The third kappa shape index (κ3) is 3.55. The first-order chi connectivity index (χ1) is 11.1. The van der Waals surface area contributed by atoms with E-state index in [4.69, 9.17) is 11.6 Å². The van der Waals surface area contributed by atoms with Crippen LogP contribution in [0.25, 0.3) is 11.3 Å². The van der Waals surface area contributed by atoms with Crippen LogP contribution in [-0.4, -0.2) is 15.9 Å². The lowest BCUT2D eigenvalue weighted by atomic mass is 10.1. The fourth-order valence-corrected chi connectivity index (χ4v) is 2.40. The Bertz CT molecular complexity index is 847. The number of amides is 1. The average Bonchev–Trinajstić information content (AvgIpc) is 2.55. The van der Waals surface area contributed by atoms with Crippen LogP contribution in [0.15, 0.2) is 60.9 Å². The van der Waals surface area contributed by atoms with Crippen LogP contribution in [0, 0.1) is 6.92 Å². The molecule has 3 rings (SSSR count). The van der Waals surface area contributed by atoms with Gasteiger partial charge >= 0.3 is 0 Å². The molecule has 0 atom stereocenters. The maximum Gasteiger partial charge on any atom is 0.256 e. The van der Waals surface area contributed by atoms with Gasteiger partial charge in [0.2, 0.25) is 0 Å². The minimum Gasteiger partial charge on any atom is -0.307 e. The summed E-state index contributed by atoms with van der Waals surface area (Å²) in [6.07, 6.45) is 3.35. The quantitative estimate of drug-likeness (QED) is 0.779. The van der Waals surface area contributed by atoms with Crippen LogP contribution in [-0.2, 0) is 0 Å². The van der Waals surface area contributed by atoms with E-state index in [9.17, 15) is 4.79 Å². The average molecular weight is 324 g/mol. The Morgan fingerprint density at radius 3 is 2.52 bits per heavy atom. The van der Waals surface area contributed by atoms with E-state index in [1.807, 2.05) is 31.2 Å². The van der Waals surface area contributed by atoms with Crippen molar-refractivity contribution in [2.75, 3.05) is 5.32 Å². The fourth-order valence-electron chi connectivity index (χ4n) is 2.17. The lowest BCUT2D eigenvalue weighted by Gasteiger charge is -2.07. The van der Waals surface area contributed by atoms with Gasteiger partial charge in [0.15, 0.2) is 0 Å². The van der Waals surface area contributed by atoms with Gasteiger partial charge in [-0.3, -0.25) is 9.78 Å². The zero-order valence-corrected chi connectivity index (χ0v) is 13.2. The lowest BCUT2D eigenvalue weighted by Crippen LogP contribution is -2.12. The summed E-state index contributed by atoms with van der Waals surface area (Å²) in [4.78, 5) is 20.6. The fraction of sp³-hybridized carbons (Fsp3) is 0.0556. The molecule has 1 N–H and O–H groups in total. The molecule has 5 heteroatoms. The van der Waals surface area contributed by atoms with Gasteiger partial charge in [0, 0.05) is 23.5 Å². The highest BCUT2D eigenvalue weighted by Gasteiger charge is 2.09. The van der Waals surface area contributed by atoms with Crippen LogP contribution in [0.4, 0.5) is 5.82 Å². The minimum atomic E-state index is -0.207. The molecule has 0 spiro atoms. The predicted molar refractivity (Wildman–Crippen MR) is 91.6 cm³/mol. The Hall–Kier alpha value is -2.72. The van der Waals surface area contributed by atoms with Crippen LogP contribution in [0.5, 0.6) is 0 Å². The number of carbonyl (C=O) groups excluding carboxylic acids is 1. The third-order valence-electron chi connectivity index (χ3n) is 3.34. The molecule has 2 heterocycles. The summed E-state index contributed by atoms with van der Waals surface area (Å²) in [6.45, 7) is 1.95. The van der Waals surface area contributed by atoms with E-state index in [2.05, 4.69) is 15.3 Å². The Kier molecular flexibility index (Phi) is 4.35. The number of carbonyl (C=O) groups is 1. The highest BCUT2D eigenvalue weighted by atomic mass is 35.5. The highest BCUT2D eigenvalue weighted by molar-refractivity contribution is 6.33. The van der Waals surface area contributed by atoms with Crippen molar-refractivity contribution in [1.82, 2.24) is 9.97 Å². The molecule has 0 radical (unpaired) electrons. The summed E-state index contributed by atoms with van der Waals surface area (Å²) in [5.74, 6) is 0.327. The summed E-state index contributed by atoms with van der Waals surface area (Å²) in [6, 6.07) is 14.4. The molecule has 2 aromatic heterocycles. The summed E-state index contributed by atoms with van der Waals surface area (Å²) >= 11 is 6.13. The molecule has 0 fully saturated rings. The van der Waals surface area contributed by atoms with Gasteiger partial charge in [-0.1, -0.05) is 23.7 Å². The number of pyridine rings is 2. The van der Waals surface area contributed by atoms with Crippen LogP contribution in [0.3, 0.4) is 0 Å². The van der Waals surface area contributed by atoms with Crippen molar-refractivity contribution in [1.29, 1.82) is 0 Å². The number of anilines is 1. The molecule has 0 aliphatic heterocycles. The Labute approximate surface area is 139 Å². The molecule has 0 aliphatic carbocycles. The number of nitrogens with zero attached hydrogens (tertiary/aromatic N) is 2. The Morgan fingerprint density at radius 1 is 1.04 bits per heavy atom. The van der Waals surface area contributed by atoms with E-state index in [1.54, 1.807) is 36.7 Å². The van der Waals surface area contributed by atoms with Crippen molar-refractivity contribution in [3.05, 3.63) is 77.1 Å². The molecular weight excluding hydrogens is 310 g/mol. The normalized spacial score (nSPS) is 10.3. The number of benzene rings is 1. The molecule has 0 unspecified atom stereocenters. The van der Waals surface area contributed by atoms with Gasteiger partial charge in [-0.25, -0.2) is 4.98 Å². The number of aromatic nitrogens is 2. The number of hydrogen-bond donors (Lipinski definition) is 1. The van der Waals surface area contributed by atoms with Gasteiger partial charge in [0.1, 0.15) is 5.82 Å². The van der Waals surface area contributed by atoms with E-state index >= 15 is 0 Å². The van der Waals surface area contributed by atoms with Gasteiger partial charge in [-0.2, -0.15) is 0 Å². The second-order valence-corrected chi connectivity index (χ2v) is 5.49. The standard InChI is InChI=1S/C18H14ClN3O/c1-12-8-10-20-16(11-12)22-18(23)14-6-4-13(5-7-14)17-15(19)3-2-9-21-17/h2-11H,1H3,(H,20,22,23). The van der Waals surface area contributed by atoms with Crippen molar-refractivity contribution in [3.63, 3.8) is 0 Å². The summed E-state index contributed by atoms with van der Waals surface area (Å²) in [5, 5.41) is 3.36. The van der Waals surface area contributed by atoms with E-state index < -0.39 is 0 Å². The Balaban J connectivity index is 1.79. The second kappa shape index (κ2) is 6.58. The molecule has 0 saturated carbocycles. The molecule has 1 aromatic carbocycles. The van der Waals surface area contributed by atoms with Gasteiger partial charge < -0.3 is 5.32 Å². The molecular formula is C18H14ClN3O. The first-order valence-electron chi connectivity index (χ1n) is 7.08. The number of rotatable bonds is 3. The molecule has 1 amide bonds. The first-order valence-corrected chi connectivity index (χ1v) is 7.46. The van der Waals surface area contributed by atoms with Gasteiger partial charge in [0.05, 0.1) is 10.7 Å². The van der Waals surface area contributed by atoms with Crippen LogP contribution in [0.1, 0.15) is 15.9 Å². The minimum absolute atomic E-state index is 0.207. The molecule has 23 heavy (non-hydrogen) atoms. The summed E-state index contributed by atoms with van der Waals surface area (Å²) < 4.78 is 0. The second-order valence-electron chi connectivity index (χ2n) is 5.08. The van der Waals surface area contributed by atoms with Crippen LogP contribution < -0.4 is 5.32 Å². The Morgan fingerprint density at radius 2 is 1.83 bits per heavy atom. The molecule has 0 aliphatic rings. The van der Waals surface area contributed by atoms with E-state index in [1.165, 1.54) is 0 Å². The summed E-state index contributed by atoms with van der Waals surface area (Å²) in [7, 11) is 0. The number of nitrogens with one attached hydrogen (secondary N) is 1. The monoisotopic (exact) mass is 323 g/mol. The van der Waals surface area contributed by atoms with Crippen molar-refractivity contribution >= 4 is 23.3 Å². The highest BCUT2D eigenvalue weighted by Crippen LogP contribution is 2.25. The third-order valence-corrected chi connectivity index (χ3v) is 3.64. The number of aryl methyl sites for hydroxylation is 1. The topological polar surface area (TPSA) is 54.9 Å². The van der Waals surface area contributed by atoms with E-state index in [0.717, 1.165) is 11.1 Å². The molecule has 114 valence electrons. The van der Waals surface area contributed by atoms with Gasteiger partial charge in [-0.05, 0) is 48.9 Å². The zero-order valence-electron chi connectivity index (χ0n) is 12.5. The van der Waals surface area contributed by atoms with E-state index in [0.29, 0.717) is 22.1 Å². The van der Waals surface area contributed by atoms with Gasteiger partial charge in [0.25, 0.3) is 5.91 Å². The maximum absolute atomic E-state index is 12.2. The van der Waals surface area contributed by atoms with Crippen molar-refractivity contribution < 1.29 is 4.79 Å². The van der Waals surface area contributed by atoms with Crippen molar-refractivity contribution in [2.24, 2.45) is 0 Å². The smallest absolute Gasteiger partial charge is 0.256 e. The molecule has 3 aromatic rings. The van der Waals surface area contributed by atoms with Crippen LogP contribution in [0.2, 0.25) is 5.02 Å². The predicted octanol–water partition coefficient (Wildman–Crippen LogP) is 4.36. The maximum atomic E-state index is 12.2. The largest absolute Gasteiger partial charge is 0.307 e. The van der Waals surface area contributed by atoms with Gasteiger partial charge in [-0.15, -0.1) is 0 Å². The number of halogens is 1. The lowest BCUT2D eigenvalue weighted by molar-refractivity contribution is 0.102. The SMILES string of the molecule is Cc1ccnc(NC(=O)c2ccc(-c3ncccc3Cl)cc2)c1. The summed E-state index contributed by atoms with van der Waals surface area (Å²) in [5.41, 5.74) is 3.14. The molecule has 0 saturated heterocycles.